The third-order valence-corrected chi connectivity index (χ3v) is 2.61. The molecule has 0 amide bonds. The highest BCUT2D eigenvalue weighted by molar-refractivity contribution is 6.29. The smallest absolute Gasteiger partial charge is 0.151 e. The molecule has 0 saturated carbocycles. The average Bonchev–Trinajstić information content (AvgIpc) is 2.30. The Morgan fingerprint density at radius 2 is 2.40 bits per heavy atom. The van der Waals surface area contributed by atoms with E-state index < -0.39 is 0 Å². The van der Waals surface area contributed by atoms with Crippen LogP contribution in [0.1, 0.15) is 0 Å². The number of halogens is 1. The molecule has 0 aliphatic carbocycles. The zero-order chi connectivity index (χ0) is 10.7. The first-order chi connectivity index (χ1) is 7.31. The molecule has 2 N–H and O–H groups in total. The van der Waals surface area contributed by atoms with E-state index in [0.717, 1.165) is 12.4 Å². The topological polar surface area (TPSA) is 64.3 Å². The minimum Gasteiger partial charge on any atom is -0.377 e. The summed E-state index contributed by atoms with van der Waals surface area (Å²) in [5.41, 5.74) is 5.66. The van der Waals surface area contributed by atoms with Crippen LogP contribution in [0.25, 0.3) is 0 Å². The number of aromatic nitrogens is 2. The summed E-state index contributed by atoms with van der Waals surface area (Å²) < 4.78 is 5.35. The molecular formula is C9H13ClN4O. The van der Waals surface area contributed by atoms with Crippen LogP contribution in [0.4, 0.5) is 5.82 Å². The number of rotatable bonds is 2. The van der Waals surface area contributed by atoms with E-state index in [-0.39, 0.29) is 6.04 Å². The number of nitrogens with two attached hydrogens (primary N) is 1. The van der Waals surface area contributed by atoms with Crippen molar-refractivity contribution < 1.29 is 4.74 Å². The largest absolute Gasteiger partial charge is 0.377 e. The minimum atomic E-state index is 0.175. The monoisotopic (exact) mass is 228 g/mol. The Hall–Kier alpha value is -0.910. The highest BCUT2D eigenvalue weighted by atomic mass is 35.5. The van der Waals surface area contributed by atoms with Gasteiger partial charge in [0.2, 0.25) is 0 Å². The highest BCUT2D eigenvalue weighted by Gasteiger charge is 2.22. The van der Waals surface area contributed by atoms with Gasteiger partial charge in [-0.05, 0) is 12.1 Å². The van der Waals surface area contributed by atoms with Gasteiger partial charge in [0.25, 0.3) is 0 Å². The Kier molecular flexibility index (Phi) is 3.35. The summed E-state index contributed by atoms with van der Waals surface area (Å²) in [5, 5.41) is 8.25. The third-order valence-electron chi connectivity index (χ3n) is 2.41. The van der Waals surface area contributed by atoms with E-state index in [4.69, 9.17) is 22.1 Å². The van der Waals surface area contributed by atoms with Crippen LogP contribution in [-0.2, 0) is 4.74 Å². The molecule has 1 aromatic rings. The van der Waals surface area contributed by atoms with Crippen LogP contribution in [0.5, 0.6) is 0 Å². The fourth-order valence-electron chi connectivity index (χ4n) is 1.61. The minimum absolute atomic E-state index is 0.175. The summed E-state index contributed by atoms with van der Waals surface area (Å²) in [6, 6.07) is 3.75. The van der Waals surface area contributed by atoms with Crippen molar-refractivity contribution >= 4 is 17.4 Å². The standard InChI is InChI=1S/C9H13ClN4O/c10-8-1-2-9(13-12-8)14-3-4-15-6-7(14)5-11/h1-2,7H,3-6,11H2/t7-/m1/s1. The molecule has 15 heavy (non-hydrogen) atoms. The van der Waals surface area contributed by atoms with E-state index in [0.29, 0.717) is 24.9 Å². The molecule has 1 saturated heterocycles. The Morgan fingerprint density at radius 1 is 1.53 bits per heavy atom. The second kappa shape index (κ2) is 4.74. The van der Waals surface area contributed by atoms with Crippen molar-refractivity contribution in [3.05, 3.63) is 17.3 Å². The van der Waals surface area contributed by atoms with Crippen LogP contribution in [-0.4, -0.2) is 42.5 Å². The Morgan fingerprint density at radius 3 is 3.07 bits per heavy atom. The summed E-state index contributed by atoms with van der Waals surface area (Å²) in [6.07, 6.45) is 0. The van der Waals surface area contributed by atoms with E-state index in [2.05, 4.69) is 15.1 Å². The number of hydrogen-bond donors (Lipinski definition) is 1. The molecule has 2 rings (SSSR count). The normalized spacial score (nSPS) is 21.7. The molecule has 82 valence electrons. The lowest BCUT2D eigenvalue weighted by Gasteiger charge is -2.35. The first-order valence-corrected chi connectivity index (χ1v) is 5.22. The number of anilines is 1. The predicted molar refractivity (Wildman–Crippen MR) is 58.0 cm³/mol. The fraction of sp³-hybridized carbons (Fsp3) is 0.556. The summed E-state index contributed by atoms with van der Waals surface area (Å²) >= 11 is 5.68. The lowest BCUT2D eigenvalue weighted by atomic mass is 10.2. The van der Waals surface area contributed by atoms with Gasteiger partial charge in [0.1, 0.15) is 0 Å². The van der Waals surface area contributed by atoms with Crippen LogP contribution in [0, 0.1) is 0 Å². The van der Waals surface area contributed by atoms with Crippen LogP contribution < -0.4 is 10.6 Å². The van der Waals surface area contributed by atoms with Gasteiger partial charge in [0.05, 0.1) is 19.3 Å². The Balaban J connectivity index is 2.16. The molecule has 1 aliphatic rings. The number of morpholine rings is 1. The number of hydrogen-bond acceptors (Lipinski definition) is 5. The summed E-state index contributed by atoms with van der Waals surface area (Å²) in [5.74, 6) is 0.804. The summed E-state index contributed by atoms with van der Waals surface area (Å²) in [4.78, 5) is 2.10. The average molecular weight is 229 g/mol. The molecule has 1 fully saturated rings. The number of nitrogens with zero attached hydrogens (tertiary/aromatic N) is 3. The van der Waals surface area contributed by atoms with E-state index >= 15 is 0 Å². The first-order valence-electron chi connectivity index (χ1n) is 4.85. The van der Waals surface area contributed by atoms with Gasteiger partial charge in [0.15, 0.2) is 11.0 Å². The van der Waals surface area contributed by atoms with E-state index in [1.165, 1.54) is 0 Å². The second-order valence-corrected chi connectivity index (χ2v) is 3.76. The molecule has 6 heteroatoms. The summed E-state index contributed by atoms with van der Waals surface area (Å²) in [7, 11) is 0. The lowest BCUT2D eigenvalue weighted by Crippen LogP contribution is -2.49. The molecule has 0 bridgehead atoms. The van der Waals surface area contributed by atoms with Crippen molar-refractivity contribution in [3.63, 3.8) is 0 Å². The van der Waals surface area contributed by atoms with Gasteiger partial charge in [-0.3, -0.25) is 0 Å². The molecule has 1 aliphatic heterocycles. The maximum atomic E-state index is 5.68. The zero-order valence-corrected chi connectivity index (χ0v) is 9.02. The van der Waals surface area contributed by atoms with Crippen LogP contribution >= 0.6 is 11.6 Å². The molecule has 0 aromatic carbocycles. The van der Waals surface area contributed by atoms with Crippen molar-refractivity contribution in [2.45, 2.75) is 6.04 Å². The van der Waals surface area contributed by atoms with Crippen molar-refractivity contribution in [1.82, 2.24) is 10.2 Å². The lowest BCUT2D eigenvalue weighted by molar-refractivity contribution is 0.0957. The SMILES string of the molecule is NC[C@@H]1COCCN1c1ccc(Cl)nn1. The molecule has 2 heterocycles. The Bertz CT molecular complexity index is 318. The highest BCUT2D eigenvalue weighted by Crippen LogP contribution is 2.16. The van der Waals surface area contributed by atoms with Crippen molar-refractivity contribution in [1.29, 1.82) is 0 Å². The molecule has 0 spiro atoms. The maximum absolute atomic E-state index is 5.68. The third kappa shape index (κ3) is 2.37. The fourth-order valence-corrected chi connectivity index (χ4v) is 1.71. The van der Waals surface area contributed by atoms with Crippen molar-refractivity contribution in [2.75, 3.05) is 31.2 Å². The van der Waals surface area contributed by atoms with Crippen LogP contribution in [0.3, 0.4) is 0 Å². The van der Waals surface area contributed by atoms with E-state index in [1.807, 2.05) is 6.07 Å². The molecule has 0 radical (unpaired) electrons. The molecule has 0 unspecified atom stereocenters. The van der Waals surface area contributed by atoms with Gasteiger partial charge in [-0.15, -0.1) is 10.2 Å². The zero-order valence-electron chi connectivity index (χ0n) is 8.27. The van der Waals surface area contributed by atoms with Crippen LogP contribution in [0.2, 0.25) is 5.15 Å². The molecule has 1 atom stereocenters. The second-order valence-electron chi connectivity index (χ2n) is 3.37. The first kappa shape index (κ1) is 10.6. The molecule has 5 nitrogen and oxygen atoms in total. The van der Waals surface area contributed by atoms with E-state index in [9.17, 15) is 0 Å². The van der Waals surface area contributed by atoms with Gasteiger partial charge >= 0.3 is 0 Å². The summed E-state index contributed by atoms with van der Waals surface area (Å²) in [6.45, 7) is 2.67. The number of ether oxygens (including phenoxy) is 1. The van der Waals surface area contributed by atoms with Gasteiger partial charge < -0.3 is 15.4 Å². The van der Waals surface area contributed by atoms with Gasteiger partial charge in [-0.25, -0.2) is 0 Å². The van der Waals surface area contributed by atoms with Gasteiger partial charge in [-0.2, -0.15) is 0 Å². The van der Waals surface area contributed by atoms with Crippen molar-refractivity contribution in [3.8, 4) is 0 Å². The molecular weight excluding hydrogens is 216 g/mol. The predicted octanol–water partition coefficient (Wildman–Crippen LogP) is 0.294. The maximum Gasteiger partial charge on any atom is 0.151 e. The van der Waals surface area contributed by atoms with E-state index in [1.54, 1.807) is 6.07 Å². The molecule has 1 aromatic heterocycles. The quantitative estimate of drug-likeness (QED) is 0.789. The van der Waals surface area contributed by atoms with Crippen molar-refractivity contribution in [2.24, 2.45) is 5.73 Å². The van der Waals surface area contributed by atoms with Crippen LogP contribution in [0.15, 0.2) is 12.1 Å². The Labute approximate surface area is 93.2 Å². The van der Waals surface area contributed by atoms with Gasteiger partial charge in [-0.1, -0.05) is 11.6 Å². The van der Waals surface area contributed by atoms with Gasteiger partial charge in [0, 0.05) is 13.1 Å².